The molecule has 4 rings (SSSR count). The lowest BCUT2D eigenvalue weighted by Crippen LogP contribution is -2.33. The van der Waals surface area contributed by atoms with Gasteiger partial charge in [0.25, 0.3) is 5.56 Å². The van der Waals surface area contributed by atoms with E-state index in [9.17, 15) is 9.59 Å². The molecule has 0 saturated heterocycles. The maximum atomic E-state index is 13.1. The van der Waals surface area contributed by atoms with Crippen molar-refractivity contribution in [3.8, 4) is 10.4 Å². The van der Waals surface area contributed by atoms with Crippen LogP contribution in [0, 0.1) is 0 Å². The summed E-state index contributed by atoms with van der Waals surface area (Å²) in [6.45, 7) is 5.97. The van der Waals surface area contributed by atoms with E-state index in [2.05, 4.69) is 11.9 Å². The molecule has 3 aromatic rings. The van der Waals surface area contributed by atoms with Gasteiger partial charge in [-0.1, -0.05) is 48.2 Å². The summed E-state index contributed by atoms with van der Waals surface area (Å²) in [7, 11) is 0. The van der Waals surface area contributed by atoms with E-state index in [1.165, 1.54) is 23.1 Å². The van der Waals surface area contributed by atoms with E-state index in [1.54, 1.807) is 10.6 Å². The highest BCUT2D eigenvalue weighted by atomic mass is 32.2. The number of nitrogens with zero attached hydrogens (tertiary/aromatic N) is 2. The summed E-state index contributed by atoms with van der Waals surface area (Å²) in [4.78, 5) is 31.9. The summed E-state index contributed by atoms with van der Waals surface area (Å²) in [5.74, 6) is -0.0110. The fourth-order valence-electron chi connectivity index (χ4n) is 2.88. The Morgan fingerprint density at radius 3 is 2.86 bits per heavy atom. The van der Waals surface area contributed by atoms with Gasteiger partial charge in [0.1, 0.15) is 4.83 Å². The molecule has 5 nitrogen and oxygen atoms in total. The van der Waals surface area contributed by atoms with Crippen LogP contribution in [0.5, 0.6) is 0 Å². The normalized spacial score (nSPS) is 14.8. The number of carbonyl (C=O) groups is 1. The van der Waals surface area contributed by atoms with Gasteiger partial charge in [0.2, 0.25) is 5.91 Å². The number of thioether (sulfide) groups is 1. The molecular weight excluding hydrogens is 390 g/mol. The Morgan fingerprint density at radius 2 is 2.18 bits per heavy atom. The Balaban J connectivity index is 1.72. The van der Waals surface area contributed by atoms with Crippen LogP contribution in [0.15, 0.2) is 59.0 Å². The summed E-state index contributed by atoms with van der Waals surface area (Å²) in [6, 6.07) is 12.2. The van der Waals surface area contributed by atoms with Crippen molar-refractivity contribution in [1.82, 2.24) is 14.9 Å². The second kappa shape index (κ2) is 7.93. The van der Waals surface area contributed by atoms with E-state index in [1.807, 2.05) is 43.3 Å². The van der Waals surface area contributed by atoms with E-state index in [-0.39, 0.29) is 16.7 Å². The van der Waals surface area contributed by atoms with Crippen molar-refractivity contribution in [2.24, 2.45) is 0 Å². The maximum Gasteiger partial charge on any atom is 0.263 e. The molecule has 28 heavy (non-hydrogen) atoms. The third kappa shape index (κ3) is 3.91. The number of aromatic nitrogens is 2. The molecule has 1 aliphatic rings. The number of hydrogen-bond acceptors (Lipinski definition) is 5. The van der Waals surface area contributed by atoms with E-state index >= 15 is 0 Å². The second-order valence-corrected chi connectivity index (χ2v) is 9.18. The molecule has 2 heterocycles. The van der Waals surface area contributed by atoms with Gasteiger partial charge >= 0.3 is 0 Å². The first-order chi connectivity index (χ1) is 13.6. The number of benzene rings is 1. The first-order valence-electron chi connectivity index (χ1n) is 9.24. The Labute approximate surface area is 171 Å². The fourth-order valence-corrected chi connectivity index (χ4v) is 4.88. The zero-order valence-corrected chi connectivity index (χ0v) is 17.2. The summed E-state index contributed by atoms with van der Waals surface area (Å²) < 4.78 is 1.60. The molecule has 2 aromatic heterocycles. The van der Waals surface area contributed by atoms with Crippen molar-refractivity contribution in [2.75, 3.05) is 0 Å². The van der Waals surface area contributed by atoms with Crippen LogP contribution in [0.2, 0.25) is 0 Å². The molecule has 1 atom stereocenters. The Hall–Kier alpha value is -2.38. The summed E-state index contributed by atoms with van der Waals surface area (Å²) in [5, 5.41) is 3.84. The number of rotatable bonds is 7. The van der Waals surface area contributed by atoms with Crippen molar-refractivity contribution < 1.29 is 4.79 Å². The number of fused-ring (bicyclic) bond motifs is 1. The maximum absolute atomic E-state index is 13.1. The highest BCUT2D eigenvalue weighted by molar-refractivity contribution is 8.00. The fraction of sp³-hybridized carbons (Fsp3) is 0.286. The van der Waals surface area contributed by atoms with Crippen LogP contribution in [0.1, 0.15) is 19.8 Å². The van der Waals surface area contributed by atoms with Gasteiger partial charge in [0, 0.05) is 17.5 Å². The first kappa shape index (κ1) is 19.0. The van der Waals surface area contributed by atoms with Crippen LogP contribution in [0.25, 0.3) is 20.7 Å². The largest absolute Gasteiger partial charge is 0.352 e. The number of carbonyl (C=O) groups excluding carboxylic acids is 1. The van der Waals surface area contributed by atoms with Crippen molar-refractivity contribution in [2.45, 2.75) is 42.8 Å². The molecule has 144 valence electrons. The molecule has 1 saturated carbocycles. The number of nitrogens with one attached hydrogen (secondary N) is 1. The molecule has 7 heteroatoms. The van der Waals surface area contributed by atoms with Gasteiger partial charge in [-0.25, -0.2) is 4.98 Å². The Kier molecular flexibility index (Phi) is 5.37. The van der Waals surface area contributed by atoms with Gasteiger partial charge in [-0.15, -0.1) is 17.9 Å². The van der Waals surface area contributed by atoms with Crippen LogP contribution in [0.3, 0.4) is 0 Å². The van der Waals surface area contributed by atoms with Crippen molar-refractivity contribution >= 4 is 39.2 Å². The van der Waals surface area contributed by atoms with E-state index in [4.69, 9.17) is 4.98 Å². The smallest absolute Gasteiger partial charge is 0.263 e. The quantitative estimate of drug-likeness (QED) is 0.362. The van der Waals surface area contributed by atoms with Gasteiger partial charge in [-0.3, -0.25) is 14.2 Å². The number of thiophene rings is 1. The molecule has 1 aromatic carbocycles. The van der Waals surface area contributed by atoms with Gasteiger partial charge in [0.05, 0.1) is 10.6 Å². The lowest BCUT2D eigenvalue weighted by atomic mass is 10.2. The minimum Gasteiger partial charge on any atom is -0.352 e. The zero-order chi connectivity index (χ0) is 19.7. The number of allylic oxidation sites excluding steroid dienone is 1. The van der Waals surface area contributed by atoms with Crippen LogP contribution in [-0.4, -0.2) is 26.8 Å². The average molecular weight is 412 g/mol. The summed E-state index contributed by atoms with van der Waals surface area (Å²) in [5.41, 5.74) is 0.965. The topological polar surface area (TPSA) is 64.0 Å². The van der Waals surface area contributed by atoms with E-state index < -0.39 is 0 Å². The van der Waals surface area contributed by atoms with Crippen LogP contribution >= 0.6 is 23.1 Å². The van der Waals surface area contributed by atoms with Crippen LogP contribution in [0.4, 0.5) is 0 Å². The third-order valence-corrected chi connectivity index (χ3v) is 6.73. The van der Waals surface area contributed by atoms with Gasteiger partial charge in [-0.05, 0) is 31.4 Å². The van der Waals surface area contributed by atoms with Crippen molar-refractivity contribution in [1.29, 1.82) is 0 Å². The Morgan fingerprint density at radius 1 is 1.43 bits per heavy atom. The molecule has 1 unspecified atom stereocenters. The molecular formula is C21H21N3O2S2. The molecule has 0 radical (unpaired) electrons. The van der Waals surface area contributed by atoms with Crippen LogP contribution in [-0.2, 0) is 11.3 Å². The van der Waals surface area contributed by atoms with E-state index in [0.717, 1.165) is 23.3 Å². The highest BCUT2D eigenvalue weighted by Gasteiger charge is 2.27. The van der Waals surface area contributed by atoms with Gasteiger partial charge in [-0.2, -0.15) is 0 Å². The van der Waals surface area contributed by atoms with Crippen LogP contribution < -0.4 is 10.9 Å². The minimum atomic E-state index is -0.324. The highest BCUT2D eigenvalue weighted by Crippen LogP contribution is 2.33. The van der Waals surface area contributed by atoms with E-state index in [0.29, 0.717) is 28.0 Å². The average Bonchev–Trinajstić information content (AvgIpc) is 3.41. The molecule has 0 bridgehead atoms. The van der Waals surface area contributed by atoms with Crippen molar-refractivity contribution in [3.63, 3.8) is 0 Å². The monoisotopic (exact) mass is 411 g/mol. The third-order valence-electron chi connectivity index (χ3n) is 4.56. The van der Waals surface area contributed by atoms with Gasteiger partial charge < -0.3 is 5.32 Å². The summed E-state index contributed by atoms with van der Waals surface area (Å²) >= 11 is 2.82. The zero-order valence-electron chi connectivity index (χ0n) is 15.6. The second-order valence-electron chi connectivity index (χ2n) is 6.84. The lowest BCUT2D eigenvalue weighted by molar-refractivity contribution is -0.120. The SMILES string of the molecule is C=CCn1c(SC(C)C(=O)NC2CC2)nc2sc(-c3ccccc3)cc2c1=O. The standard InChI is InChI=1S/C21H21N3O2S2/c1-3-11-24-20(26)16-12-17(14-7-5-4-6-8-14)28-19(16)23-21(24)27-13(2)18(25)22-15-9-10-15/h3-8,12-13,15H,1,9-11H2,2H3,(H,22,25). The minimum absolute atomic E-state index is 0.0110. The molecule has 0 aliphatic heterocycles. The predicted octanol–water partition coefficient (Wildman–Crippen LogP) is 4.07. The number of amides is 1. The number of hydrogen-bond donors (Lipinski definition) is 1. The molecule has 1 amide bonds. The van der Waals surface area contributed by atoms with Crippen molar-refractivity contribution in [3.05, 3.63) is 59.4 Å². The summed E-state index contributed by atoms with van der Waals surface area (Å²) in [6.07, 6.45) is 3.77. The van der Waals surface area contributed by atoms with Gasteiger partial charge in [0.15, 0.2) is 5.16 Å². The first-order valence-corrected chi connectivity index (χ1v) is 10.9. The molecule has 1 aliphatic carbocycles. The predicted molar refractivity (Wildman–Crippen MR) is 116 cm³/mol. The molecule has 1 fully saturated rings. The molecule has 1 N–H and O–H groups in total. The Bertz CT molecular complexity index is 1080. The molecule has 0 spiro atoms. The lowest BCUT2D eigenvalue weighted by Gasteiger charge is -2.14.